The topological polar surface area (TPSA) is 46.2 Å². The Balaban J connectivity index is 0.000000288. The normalized spacial score (nSPS) is 19.1. The molecular formula is C13H29NOS. The Kier molecular flexibility index (Phi) is 10.6. The van der Waals surface area contributed by atoms with E-state index in [0.29, 0.717) is 17.7 Å². The smallest absolute Gasteiger partial charge is 0.0628 e. The summed E-state index contributed by atoms with van der Waals surface area (Å²) >= 11 is 3.97. The molecular weight excluding hydrogens is 218 g/mol. The highest BCUT2D eigenvalue weighted by Crippen LogP contribution is 2.14. The average Bonchev–Trinajstić information content (AvgIpc) is 2.27. The highest BCUT2D eigenvalue weighted by Gasteiger charge is 2.06. The average molecular weight is 247 g/mol. The van der Waals surface area contributed by atoms with Gasteiger partial charge in [-0.3, -0.25) is 0 Å². The van der Waals surface area contributed by atoms with Gasteiger partial charge < -0.3 is 10.8 Å². The summed E-state index contributed by atoms with van der Waals surface area (Å²) in [6.45, 7) is 4.32. The van der Waals surface area contributed by atoms with Crippen molar-refractivity contribution in [3.8, 4) is 0 Å². The van der Waals surface area contributed by atoms with Crippen LogP contribution in [0.4, 0.5) is 0 Å². The van der Waals surface area contributed by atoms with Crippen molar-refractivity contribution in [2.75, 3.05) is 5.75 Å². The van der Waals surface area contributed by atoms with Crippen LogP contribution in [-0.2, 0) is 0 Å². The molecule has 2 nitrogen and oxygen atoms in total. The molecule has 0 saturated heterocycles. The summed E-state index contributed by atoms with van der Waals surface area (Å²) in [4.78, 5) is 0. The first-order valence-electron chi connectivity index (χ1n) is 6.60. The van der Waals surface area contributed by atoms with Crippen LogP contribution in [0.3, 0.4) is 0 Å². The van der Waals surface area contributed by atoms with Gasteiger partial charge in [0.2, 0.25) is 0 Å². The summed E-state index contributed by atoms with van der Waals surface area (Å²) in [5.41, 5.74) is 5.63. The Bertz CT molecular complexity index is 147. The van der Waals surface area contributed by atoms with E-state index in [-0.39, 0.29) is 6.10 Å². The molecule has 0 radical (unpaired) electrons. The van der Waals surface area contributed by atoms with E-state index in [0.717, 1.165) is 12.8 Å². The molecule has 1 unspecified atom stereocenters. The lowest BCUT2D eigenvalue weighted by Gasteiger charge is -2.15. The molecule has 0 heterocycles. The molecule has 0 aromatic rings. The molecule has 0 amide bonds. The molecule has 0 bridgehead atoms. The number of aliphatic hydroxyl groups is 1. The van der Waals surface area contributed by atoms with Crippen LogP contribution in [0.5, 0.6) is 0 Å². The molecule has 1 aliphatic carbocycles. The second-order valence-electron chi connectivity index (χ2n) is 5.21. The third-order valence-electron chi connectivity index (χ3n) is 2.94. The Morgan fingerprint density at radius 3 is 2.06 bits per heavy atom. The standard InChI is InChI=1S/C7H16OS.C6H13N/c1-6(2)3-4-7(8)5-9;7-6-4-2-1-3-5-6/h6-9H,3-5H2,1-2H3;6H,1-5,7H2. The number of hydrogen-bond acceptors (Lipinski definition) is 3. The fraction of sp³-hybridized carbons (Fsp3) is 1.00. The van der Waals surface area contributed by atoms with Crippen molar-refractivity contribution in [2.45, 2.75) is 70.9 Å². The van der Waals surface area contributed by atoms with Gasteiger partial charge in [0.15, 0.2) is 0 Å². The van der Waals surface area contributed by atoms with Crippen molar-refractivity contribution < 1.29 is 5.11 Å². The minimum absolute atomic E-state index is 0.198. The zero-order valence-electron chi connectivity index (χ0n) is 10.9. The Morgan fingerprint density at radius 2 is 1.75 bits per heavy atom. The molecule has 1 saturated carbocycles. The first-order valence-corrected chi connectivity index (χ1v) is 7.24. The second kappa shape index (κ2) is 10.4. The molecule has 1 aliphatic rings. The molecule has 3 N–H and O–H groups in total. The molecule has 98 valence electrons. The summed E-state index contributed by atoms with van der Waals surface area (Å²) in [6, 6.07) is 0.536. The number of aliphatic hydroxyl groups excluding tert-OH is 1. The first kappa shape index (κ1) is 16.3. The summed E-state index contributed by atoms with van der Waals surface area (Å²) in [6.07, 6.45) is 8.45. The monoisotopic (exact) mass is 247 g/mol. The lowest BCUT2D eigenvalue weighted by atomic mass is 9.97. The van der Waals surface area contributed by atoms with Crippen LogP contribution in [0.2, 0.25) is 0 Å². The van der Waals surface area contributed by atoms with Gasteiger partial charge in [0.1, 0.15) is 0 Å². The largest absolute Gasteiger partial charge is 0.392 e. The van der Waals surface area contributed by atoms with Gasteiger partial charge in [-0.15, -0.1) is 0 Å². The van der Waals surface area contributed by atoms with Crippen molar-refractivity contribution in [1.29, 1.82) is 0 Å². The SMILES string of the molecule is CC(C)CCC(O)CS.NC1CCCCC1. The summed E-state index contributed by atoms with van der Waals surface area (Å²) < 4.78 is 0. The van der Waals surface area contributed by atoms with Crippen molar-refractivity contribution in [2.24, 2.45) is 11.7 Å². The molecule has 0 aromatic carbocycles. The Morgan fingerprint density at radius 1 is 1.19 bits per heavy atom. The van der Waals surface area contributed by atoms with E-state index >= 15 is 0 Å². The van der Waals surface area contributed by atoms with Gasteiger partial charge in [-0.25, -0.2) is 0 Å². The molecule has 0 spiro atoms. The minimum Gasteiger partial charge on any atom is -0.392 e. The number of thiol groups is 1. The number of rotatable bonds is 4. The molecule has 1 rings (SSSR count). The van der Waals surface area contributed by atoms with Crippen LogP contribution in [-0.4, -0.2) is 23.0 Å². The lowest BCUT2D eigenvalue weighted by molar-refractivity contribution is 0.181. The van der Waals surface area contributed by atoms with E-state index in [1.54, 1.807) is 0 Å². The highest BCUT2D eigenvalue weighted by molar-refractivity contribution is 7.80. The maximum atomic E-state index is 9.03. The predicted octanol–water partition coefficient (Wildman–Crippen LogP) is 2.99. The van der Waals surface area contributed by atoms with Gasteiger partial charge in [0.25, 0.3) is 0 Å². The van der Waals surface area contributed by atoms with Gasteiger partial charge in [-0.05, 0) is 31.6 Å². The predicted molar refractivity (Wildman–Crippen MR) is 75.0 cm³/mol. The van der Waals surface area contributed by atoms with Gasteiger partial charge in [-0.1, -0.05) is 33.1 Å². The number of hydrogen-bond donors (Lipinski definition) is 3. The van der Waals surface area contributed by atoms with Gasteiger partial charge in [0, 0.05) is 11.8 Å². The van der Waals surface area contributed by atoms with Crippen molar-refractivity contribution in [3.63, 3.8) is 0 Å². The molecule has 1 fully saturated rings. The van der Waals surface area contributed by atoms with E-state index < -0.39 is 0 Å². The maximum absolute atomic E-state index is 9.03. The second-order valence-corrected chi connectivity index (χ2v) is 5.57. The van der Waals surface area contributed by atoms with Crippen LogP contribution < -0.4 is 5.73 Å². The van der Waals surface area contributed by atoms with E-state index in [9.17, 15) is 0 Å². The van der Waals surface area contributed by atoms with Crippen molar-refractivity contribution in [1.82, 2.24) is 0 Å². The molecule has 0 aliphatic heterocycles. The van der Waals surface area contributed by atoms with Crippen LogP contribution in [0.25, 0.3) is 0 Å². The van der Waals surface area contributed by atoms with E-state index in [1.807, 2.05) is 0 Å². The van der Waals surface area contributed by atoms with E-state index in [2.05, 4.69) is 26.5 Å². The summed E-state index contributed by atoms with van der Waals surface area (Å²) in [7, 11) is 0. The third kappa shape index (κ3) is 10.8. The summed E-state index contributed by atoms with van der Waals surface area (Å²) in [5, 5.41) is 9.03. The van der Waals surface area contributed by atoms with Crippen LogP contribution in [0.15, 0.2) is 0 Å². The zero-order valence-corrected chi connectivity index (χ0v) is 11.8. The van der Waals surface area contributed by atoms with Crippen molar-refractivity contribution in [3.05, 3.63) is 0 Å². The van der Waals surface area contributed by atoms with Gasteiger partial charge in [-0.2, -0.15) is 12.6 Å². The van der Waals surface area contributed by atoms with Gasteiger partial charge >= 0.3 is 0 Å². The Hall–Kier alpha value is 0.270. The summed E-state index contributed by atoms with van der Waals surface area (Å²) in [5.74, 6) is 1.28. The maximum Gasteiger partial charge on any atom is 0.0628 e. The molecule has 3 heteroatoms. The molecule has 1 atom stereocenters. The van der Waals surface area contributed by atoms with E-state index in [4.69, 9.17) is 10.8 Å². The zero-order chi connectivity index (χ0) is 12.4. The van der Waals surface area contributed by atoms with Crippen LogP contribution >= 0.6 is 12.6 Å². The van der Waals surface area contributed by atoms with E-state index in [1.165, 1.54) is 32.1 Å². The quantitative estimate of drug-likeness (QED) is 0.669. The van der Waals surface area contributed by atoms with Crippen LogP contribution in [0.1, 0.15) is 58.8 Å². The number of nitrogens with two attached hydrogens (primary N) is 1. The fourth-order valence-corrected chi connectivity index (χ4v) is 1.93. The fourth-order valence-electron chi connectivity index (χ4n) is 1.75. The first-order chi connectivity index (χ1) is 7.56. The van der Waals surface area contributed by atoms with Crippen molar-refractivity contribution >= 4 is 12.6 Å². The highest BCUT2D eigenvalue weighted by atomic mass is 32.1. The molecule has 16 heavy (non-hydrogen) atoms. The Labute approximate surface area is 106 Å². The van der Waals surface area contributed by atoms with Crippen LogP contribution in [0, 0.1) is 5.92 Å². The van der Waals surface area contributed by atoms with Gasteiger partial charge in [0.05, 0.1) is 6.10 Å². The molecule has 0 aromatic heterocycles. The minimum atomic E-state index is -0.198. The third-order valence-corrected chi connectivity index (χ3v) is 3.36. The lowest BCUT2D eigenvalue weighted by Crippen LogP contribution is -2.22.